The zero-order valence-electron chi connectivity index (χ0n) is 9.27. The minimum absolute atomic E-state index is 0.0429. The standard InChI is InChI=1S/C11H7Cl3N2O2S/c12-7-4-5-15-10(6-7)16-19(17,18)9-3-1-2-8(13)11(9)14/h1-6H,(H,15,16). The van der Waals surface area contributed by atoms with Crippen LogP contribution < -0.4 is 4.72 Å². The first-order chi connectivity index (χ1) is 8.90. The summed E-state index contributed by atoms with van der Waals surface area (Å²) < 4.78 is 26.6. The van der Waals surface area contributed by atoms with E-state index in [1.165, 1.54) is 36.5 Å². The van der Waals surface area contributed by atoms with Crippen LogP contribution in [0, 0.1) is 0 Å². The molecule has 0 fully saturated rings. The van der Waals surface area contributed by atoms with Crippen molar-refractivity contribution in [3.05, 3.63) is 51.6 Å². The van der Waals surface area contributed by atoms with Crippen LogP contribution in [0.25, 0.3) is 0 Å². The summed E-state index contributed by atoms with van der Waals surface area (Å²) in [4.78, 5) is 3.73. The van der Waals surface area contributed by atoms with Crippen LogP contribution in [0.1, 0.15) is 0 Å². The van der Waals surface area contributed by atoms with Crippen LogP contribution in [0.2, 0.25) is 15.1 Å². The summed E-state index contributed by atoms with van der Waals surface area (Å²) in [6, 6.07) is 7.26. The smallest absolute Gasteiger partial charge is 0.263 e. The van der Waals surface area contributed by atoms with Gasteiger partial charge in [-0.1, -0.05) is 40.9 Å². The maximum Gasteiger partial charge on any atom is 0.264 e. The van der Waals surface area contributed by atoms with Gasteiger partial charge in [-0.05, 0) is 18.2 Å². The molecule has 0 aliphatic rings. The van der Waals surface area contributed by atoms with Crippen LogP contribution in [0.15, 0.2) is 41.4 Å². The number of aromatic nitrogens is 1. The molecule has 0 aliphatic carbocycles. The lowest BCUT2D eigenvalue weighted by atomic mass is 10.4. The van der Waals surface area contributed by atoms with Crippen molar-refractivity contribution in [1.82, 2.24) is 4.98 Å². The fraction of sp³-hybridized carbons (Fsp3) is 0. The first kappa shape index (κ1) is 14.4. The van der Waals surface area contributed by atoms with Crippen LogP contribution in [0.4, 0.5) is 5.82 Å². The van der Waals surface area contributed by atoms with Gasteiger partial charge < -0.3 is 0 Å². The Balaban J connectivity index is 2.41. The van der Waals surface area contributed by atoms with Gasteiger partial charge in [0.2, 0.25) is 0 Å². The fourth-order valence-electron chi connectivity index (χ4n) is 1.34. The zero-order chi connectivity index (χ0) is 14.0. The van der Waals surface area contributed by atoms with Gasteiger partial charge in [-0.3, -0.25) is 4.72 Å². The van der Waals surface area contributed by atoms with Gasteiger partial charge in [0.15, 0.2) is 0 Å². The molecule has 0 spiro atoms. The molecule has 1 aromatic heterocycles. The summed E-state index contributed by atoms with van der Waals surface area (Å²) in [5.74, 6) is 0.101. The summed E-state index contributed by atoms with van der Waals surface area (Å²) in [7, 11) is -3.87. The molecular weight excluding hydrogens is 331 g/mol. The Hall–Kier alpha value is -1.01. The molecule has 0 saturated heterocycles. The molecule has 0 aliphatic heterocycles. The Morgan fingerprint density at radius 3 is 2.53 bits per heavy atom. The summed E-state index contributed by atoms with van der Waals surface area (Å²) in [6.07, 6.45) is 1.39. The van der Waals surface area contributed by atoms with Gasteiger partial charge >= 0.3 is 0 Å². The lowest BCUT2D eigenvalue weighted by molar-refractivity contribution is 0.601. The number of hydrogen-bond acceptors (Lipinski definition) is 3. The molecule has 2 rings (SSSR count). The van der Waals surface area contributed by atoms with Crippen LogP contribution in [-0.2, 0) is 10.0 Å². The summed E-state index contributed by atoms with van der Waals surface area (Å²) >= 11 is 17.4. The minimum atomic E-state index is -3.87. The highest BCUT2D eigenvalue weighted by Crippen LogP contribution is 2.30. The molecule has 8 heteroatoms. The molecule has 0 radical (unpaired) electrons. The normalized spacial score (nSPS) is 11.3. The van der Waals surface area contributed by atoms with Crippen LogP contribution >= 0.6 is 34.8 Å². The molecule has 19 heavy (non-hydrogen) atoms. The Labute approximate surface area is 125 Å². The Morgan fingerprint density at radius 2 is 1.84 bits per heavy atom. The van der Waals surface area contributed by atoms with E-state index in [2.05, 4.69) is 9.71 Å². The van der Waals surface area contributed by atoms with Gasteiger partial charge in [0.05, 0.1) is 10.0 Å². The predicted octanol–water partition coefficient (Wildman–Crippen LogP) is 3.84. The number of benzene rings is 1. The first-order valence-electron chi connectivity index (χ1n) is 4.98. The lowest BCUT2D eigenvalue weighted by Gasteiger charge is -2.09. The molecule has 1 heterocycles. The topological polar surface area (TPSA) is 59.1 Å². The monoisotopic (exact) mass is 336 g/mol. The first-order valence-corrected chi connectivity index (χ1v) is 7.60. The van der Waals surface area contributed by atoms with E-state index in [0.717, 1.165) is 0 Å². The zero-order valence-corrected chi connectivity index (χ0v) is 12.4. The number of hydrogen-bond donors (Lipinski definition) is 1. The third-order valence-electron chi connectivity index (χ3n) is 2.17. The molecule has 0 unspecified atom stereocenters. The summed E-state index contributed by atoms with van der Waals surface area (Å²) in [5.41, 5.74) is 0. The quantitative estimate of drug-likeness (QED) is 0.925. The summed E-state index contributed by atoms with van der Waals surface area (Å²) in [6.45, 7) is 0. The van der Waals surface area contributed by atoms with Gasteiger partial charge in [0.1, 0.15) is 10.7 Å². The van der Waals surface area contributed by atoms with Crippen molar-refractivity contribution in [2.24, 2.45) is 0 Å². The van der Waals surface area contributed by atoms with Crippen molar-refractivity contribution in [2.45, 2.75) is 4.90 Å². The van der Waals surface area contributed by atoms with E-state index in [4.69, 9.17) is 34.8 Å². The number of anilines is 1. The average Bonchev–Trinajstić information content (AvgIpc) is 2.32. The lowest BCUT2D eigenvalue weighted by Crippen LogP contribution is -2.14. The van der Waals surface area contributed by atoms with Crippen molar-refractivity contribution in [1.29, 1.82) is 0 Å². The summed E-state index contributed by atoms with van der Waals surface area (Å²) in [5, 5.41) is 0.479. The van der Waals surface area contributed by atoms with Crippen molar-refractivity contribution in [3.8, 4) is 0 Å². The number of nitrogens with zero attached hydrogens (tertiary/aromatic N) is 1. The van der Waals surface area contributed by atoms with E-state index >= 15 is 0 Å². The molecule has 0 atom stereocenters. The van der Waals surface area contributed by atoms with E-state index in [-0.39, 0.29) is 20.8 Å². The fourth-order valence-corrected chi connectivity index (χ4v) is 3.27. The molecule has 0 saturated carbocycles. The van der Waals surface area contributed by atoms with E-state index < -0.39 is 10.0 Å². The highest BCUT2D eigenvalue weighted by atomic mass is 35.5. The van der Waals surface area contributed by atoms with Crippen molar-refractivity contribution < 1.29 is 8.42 Å². The third kappa shape index (κ3) is 3.30. The highest BCUT2D eigenvalue weighted by molar-refractivity contribution is 7.92. The molecule has 4 nitrogen and oxygen atoms in total. The van der Waals surface area contributed by atoms with E-state index in [0.29, 0.717) is 5.02 Å². The SMILES string of the molecule is O=S(=O)(Nc1cc(Cl)ccn1)c1cccc(Cl)c1Cl. The van der Waals surface area contributed by atoms with Crippen molar-refractivity contribution in [3.63, 3.8) is 0 Å². The van der Waals surface area contributed by atoms with Gasteiger partial charge in [0.25, 0.3) is 10.0 Å². The maximum absolute atomic E-state index is 12.1. The number of sulfonamides is 1. The average molecular weight is 338 g/mol. The van der Waals surface area contributed by atoms with Crippen molar-refractivity contribution in [2.75, 3.05) is 4.72 Å². The van der Waals surface area contributed by atoms with Crippen molar-refractivity contribution >= 4 is 50.6 Å². The van der Waals surface area contributed by atoms with E-state index in [1.807, 2.05) is 0 Å². The molecular formula is C11H7Cl3N2O2S. The van der Waals surface area contributed by atoms with Gasteiger partial charge in [0, 0.05) is 17.3 Å². The van der Waals surface area contributed by atoms with Gasteiger partial charge in [-0.15, -0.1) is 0 Å². The molecule has 1 aromatic carbocycles. The Bertz CT molecular complexity index is 720. The second kappa shape index (κ2) is 5.54. The maximum atomic E-state index is 12.1. The number of rotatable bonds is 3. The second-order valence-electron chi connectivity index (χ2n) is 3.52. The largest absolute Gasteiger partial charge is 0.264 e. The molecule has 0 bridgehead atoms. The number of pyridine rings is 1. The van der Waals surface area contributed by atoms with Gasteiger partial charge in [-0.25, -0.2) is 13.4 Å². The molecule has 2 aromatic rings. The molecule has 0 amide bonds. The Kier molecular flexibility index (Phi) is 4.20. The van der Waals surface area contributed by atoms with Gasteiger partial charge in [-0.2, -0.15) is 0 Å². The Morgan fingerprint density at radius 1 is 1.11 bits per heavy atom. The number of nitrogens with one attached hydrogen (secondary N) is 1. The third-order valence-corrected chi connectivity index (χ3v) is 4.73. The predicted molar refractivity (Wildman–Crippen MR) is 76.5 cm³/mol. The van der Waals surface area contributed by atoms with Crippen LogP contribution in [0.5, 0.6) is 0 Å². The number of halogens is 3. The van der Waals surface area contributed by atoms with E-state index in [9.17, 15) is 8.42 Å². The minimum Gasteiger partial charge on any atom is -0.263 e. The second-order valence-corrected chi connectivity index (χ2v) is 6.39. The van der Waals surface area contributed by atoms with Crippen LogP contribution in [-0.4, -0.2) is 13.4 Å². The molecule has 1 N–H and O–H groups in total. The van der Waals surface area contributed by atoms with Crippen LogP contribution in [0.3, 0.4) is 0 Å². The molecule has 100 valence electrons. The van der Waals surface area contributed by atoms with E-state index in [1.54, 1.807) is 0 Å². The highest BCUT2D eigenvalue weighted by Gasteiger charge is 2.20.